The van der Waals surface area contributed by atoms with Crippen LogP contribution in [0, 0.1) is 5.92 Å². The van der Waals surface area contributed by atoms with Gasteiger partial charge in [-0.15, -0.1) is 11.8 Å². The molecule has 1 atom stereocenters. The van der Waals surface area contributed by atoms with Crippen molar-refractivity contribution in [3.63, 3.8) is 0 Å². The summed E-state index contributed by atoms with van der Waals surface area (Å²) >= 11 is 1.01. The van der Waals surface area contributed by atoms with Crippen molar-refractivity contribution in [3.8, 4) is 0 Å². The van der Waals surface area contributed by atoms with E-state index in [9.17, 15) is 14.4 Å². The normalized spacial score (nSPS) is 12.1. The van der Waals surface area contributed by atoms with E-state index < -0.39 is 17.9 Å². The highest BCUT2D eigenvalue weighted by molar-refractivity contribution is 7.99. The summed E-state index contributed by atoms with van der Waals surface area (Å²) in [5, 5.41) is 17.0. The Balaban J connectivity index is 3.91. The van der Waals surface area contributed by atoms with Crippen molar-refractivity contribution < 1.29 is 24.6 Å². The first kappa shape index (κ1) is 13.0. The summed E-state index contributed by atoms with van der Waals surface area (Å²) < 4.78 is 0. The van der Waals surface area contributed by atoms with E-state index in [0.29, 0.717) is 0 Å². The zero-order valence-electron chi connectivity index (χ0n) is 7.73. The summed E-state index contributed by atoms with van der Waals surface area (Å²) in [5.41, 5.74) is 0. The summed E-state index contributed by atoms with van der Waals surface area (Å²) in [5.74, 6) is -3.01. The van der Waals surface area contributed by atoms with Crippen LogP contribution in [0.15, 0.2) is 0 Å². The van der Waals surface area contributed by atoms with E-state index in [2.05, 4.69) is 0 Å². The molecule has 80 valence electrons. The van der Waals surface area contributed by atoms with Gasteiger partial charge in [0.05, 0.1) is 11.7 Å². The number of hydrogen-bond donors (Lipinski definition) is 2. The smallest absolute Gasteiger partial charge is 0.313 e. The molecule has 0 saturated carbocycles. The van der Waals surface area contributed by atoms with Crippen molar-refractivity contribution >= 4 is 29.5 Å². The number of carbonyl (C=O) groups is 3. The lowest BCUT2D eigenvalue weighted by Crippen LogP contribution is -2.20. The third-order valence-electron chi connectivity index (χ3n) is 1.43. The minimum atomic E-state index is -1.06. The van der Waals surface area contributed by atoms with Crippen molar-refractivity contribution in [1.29, 1.82) is 0 Å². The lowest BCUT2D eigenvalue weighted by atomic mass is 10.1. The van der Waals surface area contributed by atoms with E-state index in [1.807, 2.05) is 0 Å². The molecule has 0 aromatic rings. The average Bonchev–Trinajstić information content (AvgIpc) is 2.00. The fraction of sp³-hybridized carbons (Fsp3) is 0.625. The Morgan fingerprint density at radius 1 is 1.29 bits per heavy atom. The maximum atomic E-state index is 10.7. The van der Waals surface area contributed by atoms with E-state index in [0.717, 1.165) is 11.8 Å². The number of carbonyl (C=O) groups excluding carboxylic acids is 1. The molecule has 0 aliphatic rings. The van der Waals surface area contributed by atoms with E-state index in [-0.39, 0.29) is 23.7 Å². The summed E-state index contributed by atoms with van der Waals surface area (Å²) in [6, 6.07) is 0. The molecule has 5 nitrogen and oxygen atoms in total. The van der Waals surface area contributed by atoms with Crippen LogP contribution >= 0.6 is 11.8 Å². The highest BCUT2D eigenvalue weighted by atomic mass is 32.2. The van der Waals surface area contributed by atoms with E-state index >= 15 is 0 Å². The predicted molar refractivity (Wildman–Crippen MR) is 51.4 cm³/mol. The number of rotatable bonds is 7. The van der Waals surface area contributed by atoms with Crippen LogP contribution in [-0.4, -0.2) is 39.4 Å². The summed E-state index contributed by atoms with van der Waals surface area (Å²) in [6.45, 7) is 1.32. The zero-order valence-corrected chi connectivity index (χ0v) is 8.54. The lowest BCUT2D eigenvalue weighted by molar-refractivity contribution is -0.142. The molecule has 0 amide bonds. The standard InChI is InChI=1S/C8H12O5S/c1-5(9)2-6(8(12)13)3-14-4-7(10)11/h6H,2-4H2,1H3,(H,10,11)(H,12,13). The second-order valence-electron chi connectivity index (χ2n) is 2.85. The third kappa shape index (κ3) is 6.47. The number of carboxylic acid groups (broad SMARTS) is 2. The van der Waals surface area contributed by atoms with Crippen molar-refractivity contribution in [3.05, 3.63) is 0 Å². The number of aliphatic carboxylic acids is 2. The van der Waals surface area contributed by atoms with Gasteiger partial charge in [-0.3, -0.25) is 9.59 Å². The van der Waals surface area contributed by atoms with Gasteiger partial charge < -0.3 is 15.0 Å². The molecule has 0 spiro atoms. The lowest BCUT2D eigenvalue weighted by Gasteiger charge is -2.08. The first-order valence-corrected chi connectivity index (χ1v) is 5.10. The molecule has 0 heterocycles. The molecule has 0 bridgehead atoms. The summed E-state index contributed by atoms with van der Waals surface area (Å²) in [4.78, 5) is 31.4. The van der Waals surface area contributed by atoms with Gasteiger partial charge in [-0.05, 0) is 6.92 Å². The highest BCUT2D eigenvalue weighted by Gasteiger charge is 2.19. The second kappa shape index (κ2) is 6.42. The Kier molecular flexibility index (Phi) is 5.94. The molecule has 0 aromatic carbocycles. The molecule has 0 aromatic heterocycles. The second-order valence-corrected chi connectivity index (χ2v) is 3.88. The topological polar surface area (TPSA) is 91.7 Å². The fourth-order valence-electron chi connectivity index (χ4n) is 0.853. The first-order chi connectivity index (χ1) is 6.43. The van der Waals surface area contributed by atoms with Gasteiger partial charge in [-0.2, -0.15) is 0 Å². The van der Waals surface area contributed by atoms with Crippen LogP contribution in [0.4, 0.5) is 0 Å². The molecule has 1 unspecified atom stereocenters. The molecule has 0 rings (SSSR count). The number of Topliss-reactive ketones (excluding diaryl/α,β-unsaturated/α-hetero) is 1. The molecule has 2 N–H and O–H groups in total. The van der Waals surface area contributed by atoms with E-state index in [4.69, 9.17) is 10.2 Å². The number of ketones is 1. The SMILES string of the molecule is CC(=O)CC(CSCC(=O)O)C(=O)O. The Morgan fingerprint density at radius 3 is 2.21 bits per heavy atom. The minimum Gasteiger partial charge on any atom is -0.481 e. The molecule has 0 fully saturated rings. The average molecular weight is 220 g/mol. The van der Waals surface area contributed by atoms with Gasteiger partial charge in [-0.25, -0.2) is 0 Å². The van der Waals surface area contributed by atoms with Gasteiger partial charge >= 0.3 is 11.9 Å². The monoisotopic (exact) mass is 220 g/mol. The molecule has 0 saturated heterocycles. The van der Waals surface area contributed by atoms with Gasteiger partial charge in [0.1, 0.15) is 5.78 Å². The molecule has 14 heavy (non-hydrogen) atoms. The summed E-state index contributed by atoms with van der Waals surface area (Å²) in [6.07, 6.45) is -0.0397. The predicted octanol–water partition coefficient (Wildman–Crippen LogP) is 0.484. The molecule has 0 aliphatic heterocycles. The van der Waals surface area contributed by atoms with E-state index in [1.54, 1.807) is 0 Å². The van der Waals surface area contributed by atoms with Gasteiger partial charge in [0, 0.05) is 12.2 Å². The van der Waals surface area contributed by atoms with Gasteiger partial charge in [0.2, 0.25) is 0 Å². The van der Waals surface area contributed by atoms with Crippen LogP contribution in [0.3, 0.4) is 0 Å². The Bertz CT molecular complexity index is 238. The third-order valence-corrected chi connectivity index (χ3v) is 2.52. The molecular weight excluding hydrogens is 208 g/mol. The number of hydrogen-bond acceptors (Lipinski definition) is 4. The zero-order chi connectivity index (χ0) is 11.1. The Hall–Kier alpha value is -1.04. The van der Waals surface area contributed by atoms with Gasteiger partial charge in [0.15, 0.2) is 0 Å². The Labute approximate surface area is 85.5 Å². The minimum absolute atomic E-state index is 0.0397. The Morgan fingerprint density at radius 2 is 1.86 bits per heavy atom. The van der Waals surface area contributed by atoms with Gasteiger partial charge in [-0.1, -0.05) is 0 Å². The van der Waals surface area contributed by atoms with Crippen LogP contribution in [0.2, 0.25) is 0 Å². The van der Waals surface area contributed by atoms with Crippen LogP contribution in [0.1, 0.15) is 13.3 Å². The largest absolute Gasteiger partial charge is 0.481 e. The van der Waals surface area contributed by atoms with Crippen LogP contribution in [0.5, 0.6) is 0 Å². The first-order valence-electron chi connectivity index (χ1n) is 3.95. The molecular formula is C8H12O5S. The molecule has 0 aliphatic carbocycles. The number of carboxylic acids is 2. The van der Waals surface area contributed by atoms with Crippen molar-refractivity contribution in [2.24, 2.45) is 5.92 Å². The van der Waals surface area contributed by atoms with E-state index in [1.165, 1.54) is 6.92 Å². The van der Waals surface area contributed by atoms with Crippen LogP contribution in [0.25, 0.3) is 0 Å². The summed E-state index contributed by atoms with van der Waals surface area (Å²) in [7, 11) is 0. The maximum Gasteiger partial charge on any atom is 0.313 e. The quantitative estimate of drug-likeness (QED) is 0.648. The van der Waals surface area contributed by atoms with Crippen LogP contribution in [-0.2, 0) is 14.4 Å². The van der Waals surface area contributed by atoms with Crippen LogP contribution < -0.4 is 0 Å². The maximum absolute atomic E-state index is 10.7. The molecule has 0 radical (unpaired) electrons. The van der Waals surface area contributed by atoms with Crippen molar-refractivity contribution in [2.45, 2.75) is 13.3 Å². The fourth-order valence-corrected chi connectivity index (χ4v) is 1.69. The van der Waals surface area contributed by atoms with Crippen molar-refractivity contribution in [2.75, 3.05) is 11.5 Å². The van der Waals surface area contributed by atoms with Gasteiger partial charge in [0.25, 0.3) is 0 Å². The molecule has 6 heteroatoms. The van der Waals surface area contributed by atoms with Crippen molar-refractivity contribution in [1.82, 2.24) is 0 Å². The number of thioether (sulfide) groups is 1. The highest BCUT2D eigenvalue weighted by Crippen LogP contribution is 2.13.